The van der Waals surface area contributed by atoms with Crippen LogP contribution in [0.5, 0.6) is 0 Å². The molecular weight excluding hydrogens is 272 g/mol. The van der Waals surface area contributed by atoms with Crippen molar-refractivity contribution in [2.24, 2.45) is 5.92 Å². The molecule has 1 amide bonds. The van der Waals surface area contributed by atoms with Gasteiger partial charge < -0.3 is 5.32 Å². The van der Waals surface area contributed by atoms with E-state index in [0.29, 0.717) is 11.4 Å². The summed E-state index contributed by atoms with van der Waals surface area (Å²) in [6.45, 7) is 3.78. The van der Waals surface area contributed by atoms with Gasteiger partial charge in [-0.05, 0) is 31.7 Å². The van der Waals surface area contributed by atoms with Gasteiger partial charge in [-0.1, -0.05) is 43.7 Å². The van der Waals surface area contributed by atoms with Crippen molar-refractivity contribution in [3.05, 3.63) is 22.5 Å². The zero-order valence-electron chi connectivity index (χ0n) is 12.3. The molecule has 4 heteroatoms. The Morgan fingerprint density at radius 3 is 2.75 bits per heavy atom. The molecule has 0 saturated heterocycles. The number of pyridine rings is 1. The number of nitrogens with one attached hydrogen (secondary N) is 1. The van der Waals surface area contributed by atoms with Crippen molar-refractivity contribution >= 4 is 23.2 Å². The summed E-state index contributed by atoms with van der Waals surface area (Å²) in [6, 6.07) is 0. The third-order valence-electron chi connectivity index (χ3n) is 4.22. The molecule has 1 N–H and O–H groups in total. The molecule has 1 fully saturated rings. The van der Waals surface area contributed by atoms with Crippen molar-refractivity contribution in [3.63, 3.8) is 0 Å². The minimum absolute atomic E-state index is 0.0698. The molecule has 1 aliphatic carbocycles. The van der Waals surface area contributed by atoms with Crippen molar-refractivity contribution in [2.75, 3.05) is 5.32 Å². The molecule has 1 saturated carbocycles. The summed E-state index contributed by atoms with van der Waals surface area (Å²) < 4.78 is 0. The SMILES string of the molecule is Cc1ncc(NC(=O)CCC2CCCCC2)c(C)c1Cl. The number of carbonyl (C=O) groups is 1. The van der Waals surface area contributed by atoms with Gasteiger partial charge in [-0.15, -0.1) is 0 Å². The highest BCUT2D eigenvalue weighted by Crippen LogP contribution is 2.28. The van der Waals surface area contributed by atoms with Crippen molar-refractivity contribution in [1.82, 2.24) is 4.98 Å². The Hall–Kier alpha value is -1.09. The molecule has 0 aliphatic heterocycles. The zero-order chi connectivity index (χ0) is 14.5. The first-order chi connectivity index (χ1) is 9.58. The van der Waals surface area contributed by atoms with Crippen LogP contribution < -0.4 is 5.32 Å². The molecule has 1 aliphatic rings. The van der Waals surface area contributed by atoms with Gasteiger partial charge in [-0.2, -0.15) is 0 Å². The molecule has 0 aromatic carbocycles. The maximum absolute atomic E-state index is 12.0. The lowest BCUT2D eigenvalue weighted by molar-refractivity contribution is -0.116. The van der Waals surface area contributed by atoms with Gasteiger partial charge in [0, 0.05) is 6.42 Å². The monoisotopic (exact) mass is 294 g/mol. The molecule has 2 rings (SSSR count). The highest BCUT2D eigenvalue weighted by atomic mass is 35.5. The first-order valence-corrected chi connectivity index (χ1v) is 7.87. The van der Waals surface area contributed by atoms with Crippen LogP contribution in [0.4, 0.5) is 5.69 Å². The molecule has 0 bridgehead atoms. The number of halogens is 1. The Morgan fingerprint density at radius 1 is 1.35 bits per heavy atom. The molecule has 110 valence electrons. The molecule has 3 nitrogen and oxygen atoms in total. The van der Waals surface area contributed by atoms with Crippen LogP contribution in [0.2, 0.25) is 5.02 Å². The number of nitrogens with zero attached hydrogens (tertiary/aromatic N) is 1. The second kappa shape index (κ2) is 7.07. The number of hydrogen-bond acceptors (Lipinski definition) is 2. The minimum atomic E-state index is 0.0698. The molecule has 1 aromatic heterocycles. The Bertz CT molecular complexity index is 482. The van der Waals surface area contributed by atoms with Gasteiger partial charge in [-0.25, -0.2) is 0 Å². The van der Waals surface area contributed by atoms with Crippen LogP contribution in [0.15, 0.2) is 6.20 Å². The van der Waals surface area contributed by atoms with E-state index < -0.39 is 0 Å². The van der Waals surface area contributed by atoms with Crippen LogP contribution in [0.25, 0.3) is 0 Å². The lowest BCUT2D eigenvalue weighted by atomic mass is 9.86. The molecule has 0 radical (unpaired) electrons. The molecule has 1 heterocycles. The highest BCUT2D eigenvalue weighted by Gasteiger charge is 2.15. The number of aromatic nitrogens is 1. The first kappa shape index (κ1) is 15.3. The van der Waals surface area contributed by atoms with Gasteiger partial charge in [0.05, 0.1) is 22.6 Å². The molecule has 0 spiro atoms. The average molecular weight is 295 g/mol. The largest absolute Gasteiger partial charge is 0.324 e. The van der Waals surface area contributed by atoms with Crippen molar-refractivity contribution in [2.45, 2.75) is 58.8 Å². The predicted octanol–water partition coefficient (Wildman–Crippen LogP) is 4.65. The van der Waals surface area contributed by atoms with E-state index in [4.69, 9.17) is 11.6 Å². The van der Waals surface area contributed by atoms with Gasteiger partial charge in [-0.3, -0.25) is 9.78 Å². The fourth-order valence-corrected chi connectivity index (χ4v) is 3.00. The quantitative estimate of drug-likeness (QED) is 0.878. The van der Waals surface area contributed by atoms with E-state index in [2.05, 4.69) is 10.3 Å². The van der Waals surface area contributed by atoms with Crippen LogP contribution in [-0.2, 0) is 4.79 Å². The zero-order valence-corrected chi connectivity index (χ0v) is 13.1. The van der Waals surface area contributed by atoms with Crippen molar-refractivity contribution in [3.8, 4) is 0 Å². The number of rotatable bonds is 4. The summed E-state index contributed by atoms with van der Waals surface area (Å²) in [5.41, 5.74) is 2.42. The summed E-state index contributed by atoms with van der Waals surface area (Å²) in [5, 5.41) is 3.57. The summed E-state index contributed by atoms with van der Waals surface area (Å²) in [7, 11) is 0. The fraction of sp³-hybridized carbons (Fsp3) is 0.625. The molecule has 20 heavy (non-hydrogen) atoms. The maximum Gasteiger partial charge on any atom is 0.224 e. The summed E-state index contributed by atoms with van der Waals surface area (Å²) in [6.07, 6.45) is 9.85. The van der Waals surface area contributed by atoms with E-state index in [9.17, 15) is 4.79 Å². The Morgan fingerprint density at radius 2 is 2.05 bits per heavy atom. The molecule has 0 unspecified atom stereocenters. The third kappa shape index (κ3) is 3.95. The minimum Gasteiger partial charge on any atom is -0.324 e. The fourth-order valence-electron chi connectivity index (χ4n) is 2.85. The topological polar surface area (TPSA) is 42.0 Å². The Balaban J connectivity index is 1.86. The van der Waals surface area contributed by atoms with Crippen molar-refractivity contribution < 1.29 is 4.79 Å². The lowest BCUT2D eigenvalue weighted by Gasteiger charge is -2.21. The number of hydrogen-bond donors (Lipinski definition) is 1. The van der Waals surface area contributed by atoms with Gasteiger partial charge in [0.15, 0.2) is 0 Å². The number of carbonyl (C=O) groups excluding carboxylic acids is 1. The lowest BCUT2D eigenvalue weighted by Crippen LogP contribution is -2.15. The van der Waals surface area contributed by atoms with Gasteiger partial charge in [0.25, 0.3) is 0 Å². The van der Waals surface area contributed by atoms with E-state index in [-0.39, 0.29) is 5.91 Å². The van der Waals surface area contributed by atoms with Crippen LogP contribution in [0.3, 0.4) is 0 Å². The molecular formula is C16H23ClN2O. The number of anilines is 1. The van der Waals surface area contributed by atoms with Crippen LogP contribution in [0.1, 0.15) is 56.2 Å². The van der Waals surface area contributed by atoms with Crippen LogP contribution >= 0.6 is 11.6 Å². The highest BCUT2D eigenvalue weighted by molar-refractivity contribution is 6.32. The van der Waals surface area contributed by atoms with E-state index >= 15 is 0 Å². The second-order valence-electron chi connectivity index (χ2n) is 5.79. The third-order valence-corrected chi connectivity index (χ3v) is 4.77. The van der Waals surface area contributed by atoms with Gasteiger partial charge >= 0.3 is 0 Å². The van der Waals surface area contributed by atoms with Crippen LogP contribution in [-0.4, -0.2) is 10.9 Å². The Labute approximate surface area is 126 Å². The normalized spacial score (nSPS) is 16.1. The maximum atomic E-state index is 12.0. The van der Waals surface area contributed by atoms with E-state index in [1.165, 1.54) is 32.1 Å². The molecule has 1 aromatic rings. The second-order valence-corrected chi connectivity index (χ2v) is 6.17. The van der Waals surface area contributed by atoms with E-state index in [0.717, 1.165) is 29.3 Å². The molecule has 0 atom stereocenters. The smallest absolute Gasteiger partial charge is 0.224 e. The Kier molecular flexibility index (Phi) is 5.41. The van der Waals surface area contributed by atoms with Crippen LogP contribution in [0, 0.1) is 19.8 Å². The van der Waals surface area contributed by atoms with Crippen molar-refractivity contribution in [1.29, 1.82) is 0 Å². The van der Waals surface area contributed by atoms with E-state index in [1.54, 1.807) is 6.20 Å². The standard InChI is InChI=1S/C16H23ClN2O/c1-11-14(10-18-12(2)16(11)17)19-15(20)9-8-13-6-4-3-5-7-13/h10,13H,3-9H2,1-2H3,(H,19,20). The average Bonchev–Trinajstić information content (AvgIpc) is 2.47. The van der Waals surface area contributed by atoms with Gasteiger partial charge in [0.1, 0.15) is 0 Å². The predicted molar refractivity (Wildman–Crippen MR) is 83.2 cm³/mol. The van der Waals surface area contributed by atoms with Gasteiger partial charge in [0.2, 0.25) is 5.91 Å². The van der Waals surface area contributed by atoms with E-state index in [1.807, 2.05) is 13.8 Å². The summed E-state index contributed by atoms with van der Waals surface area (Å²) in [5.74, 6) is 0.802. The summed E-state index contributed by atoms with van der Waals surface area (Å²) in [4.78, 5) is 16.2. The number of amides is 1. The summed E-state index contributed by atoms with van der Waals surface area (Å²) >= 11 is 6.15. The number of aryl methyl sites for hydroxylation is 1. The first-order valence-electron chi connectivity index (χ1n) is 7.49.